The molecule has 160 valence electrons. The Labute approximate surface area is 169 Å². The van der Waals surface area contributed by atoms with Crippen LogP contribution in [0.5, 0.6) is 0 Å². The Kier molecular flexibility index (Phi) is 5.00. The summed E-state index contributed by atoms with van der Waals surface area (Å²) in [6.45, 7) is 3.80. The highest BCUT2D eigenvalue weighted by atomic mass is 19.4. The highest BCUT2D eigenvalue weighted by molar-refractivity contribution is 5.79. The topological polar surface area (TPSA) is 94.5 Å². The van der Waals surface area contributed by atoms with E-state index in [1.54, 1.807) is 10.7 Å². The number of aromatic nitrogens is 5. The molecule has 0 spiro atoms. The number of amides is 1. The third kappa shape index (κ3) is 3.89. The smallest absolute Gasteiger partial charge is 0.339 e. The molecule has 1 atom stereocenters. The number of halogens is 3. The van der Waals surface area contributed by atoms with Crippen molar-refractivity contribution in [3.8, 4) is 0 Å². The molecule has 1 aliphatic rings. The fraction of sp³-hybridized carbons (Fsp3) is 0.444. The van der Waals surface area contributed by atoms with Gasteiger partial charge in [0.25, 0.3) is 0 Å². The molecule has 3 aromatic heterocycles. The van der Waals surface area contributed by atoms with Gasteiger partial charge >= 0.3 is 6.18 Å². The van der Waals surface area contributed by atoms with Crippen molar-refractivity contribution in [3.63, 3.8) is 0 Å². The number of nitrogens with one attached hydrogen (secondary N) is 2. The summed E-state index contributed by atoms with van der Waals surface area (Å²) in [5, 5.41) is 14.7. The zero-order valence-corrected chi connectivity index (χ0v) is 16.4. The largest absolute Gasteiger partial charge is 0.400 e. The Morgan fingerprint density at radius 1 is 1.27 bits per heavy atom. The van der Waals surface area contributed by atoms with Crippen molar-refractivity contribution in [2.45, 2.75) is 20.0 Å². The molecule has 4 heterocycles. The monoisotopic (exact) mass is 422 g/mol. The summed E-state index contributed by atoms with van der Waals surface area (Å²) in [4.78, 5) is 19.8. The summed E-state index contributed by atoms with van der Waals surface area (Å²) in [6, 6.07) is 5.54. The third-order valence-electron chi connectivity index (χ3n) is 5.07. The van der Waals surface area contributed by atoms with Gasteiger partial charge in [0.15, 0.2) is 11.6 Å². The number of fused-ring (bicyclic) bond motifs is 1. The second kappa shape index (κ2) is 7.50. The van der Waals surface area contributed by atoms with Crippen LogP contribution in [0.4, 0.5) is 30.8 Å². The number of nitrogens with zero attached hydrogens (tertiary/aromatic N) is 6. The van der Waals surface area contributed by atoms with Crippen molar-refractivity contribution in [2.24, 2.45) is 5.92 Å². The van der Waals surface area contributed by atoms with Gasteiger partial charge in [0.1, 0.15) is 11.4 Å². The molecule has 0 radical (unpaired) electrons. The molecule has 1 unspecified atom stereocenters. The number of hydrogen-bond acceptors (Lipinski definition) is 6. The first kappa shape index (κ1) is 20.0. The first-order chi connectivity index (χ1) is 14.2. The summed E-state index contributed by atoms with van der Waals surface area (Å²) in [6.07, 6.45) is -2.76. The van der Waals surface area contributed by atoms with Crippen molar-refractivity contribution < 1.29 is 18.0 Å². The van der Waals surface area contributed by atoms with Crippen LogP contribution >= 0.6 is 0 Å². The molecule has 2 N–H and O–H groups in total. The maximum absolute atomic E-state index is 12.8. The van der Waals surface area contributed by atoms with Crippen LogP contribution in [0.3, 0.4) is 0 Å². The number of aromatic amines is 1. The lowest BCUT2D eigenvalue weighted by Crippen LogP contribution is -2.52. The standard InChI is InChI=1S/C18H21F3N8O/c1-11-10-14(25-24-11)22-15-13-4-3-5-29(13)26-17(23-15)28-8-6-27(7-9-28)16(30)12(2)18(19,20)21/h3-5,10,12H,6-9H2,1-2H3,(H2,22,23,24,25,26). The maximum atomic E-state index is 12.8. The van der Waals surface area contributed by atoms with E-state index in [1.807, 2.05) is 30.0 Å². The Morgan fingerprint density at radius 3 is 2.63 bits per heavy atom. The number of carbonyl (C=O) groups is 1. The van der Waals surface area contributed by atoms with E-state index in [2.05, 4.69) is 25.6 Å². The van der Waals surface area contributed by atoms with Gasteiger partial charge in [0.05, 0.1) is 0 Å². The van der Waals surface area contributed by atoms with Crippen molar-refractivity contribution in [2.75, 3.05) is 36.4 Å². The lowest BCUT2D eigenvalue weighted by molar-refractivity contribution is -0.185. The molecule has 12 heteroatoms. The first-order valence-corrected chi connectivity index (χ1v) is 9.47. The van der Waals surface area contributed by atoms with Gasteiger partial charge in [-0.1, -0.05) is 0 Å². The zero-order valence-electron chi connectivity index (χ0n) is 16.4. The summed E-state index contributed by atoms with van der Waals surface area (Å²) in [7, 11) is 0. The van der Waals surface area contributed by atoms with Crippen molar-refractivity contribution in [3.05, 3.63) is 30.1 Å². The van der Waals surface area contributed by atoms with Gasteiger partial charge in [-0.2, -0.15) is 23.3 Å². The summed E-state index contributed by atoms with van der Waals surface area (Å²) >= 11 is 0. The minimum absolute atomic E-state index is 0.174. The molecule has 9 nitrogen and oxygen atoms in total. The van der Waals surface area contributed by atoms with E-state index in [1.165, 1.54) is 4.90 Å². The minimum atomic E-state index is -4.54. The normalized spacial score (nSPS) is 16.2. The van der Waals surface area contributed by atoms with Gasteiger partial charge < -0.3 is 15.1 Å². The Bertz CT molecular complexity index is 1050. The van der Waals surface area contributed by atoms with Crippen LogP contribution in [-0.2, 0) is 4.79 Å². The lowest BCUT2D eigenvalue weighted by Gasteiger charge is -2.36. The molecule has 0 saturated carbocycles. The summed E-state index contributed by atoms with van der Waals surface area (Å²) < 4.78 is 40.2. The number of carbonyl (C=O) groups excluding carboxylic acids is 1. The first-order valence-electron chi connectivity index (χ1n) is 9.47. The SMILES string of the molecule is Cc1cc(Nc2nc(N3CCN(C(=O)C(C)C(F)(F)F)CC3)nn3cccc23)n[nH]1. The van der Waals surface area contributed by atoms with Gasteiger partial charge in [0, 0.05) is 44.1 Å². The fourth-order valence-corrected chi connectivity index (χ4v) is 3.29. The molecule has 1 fully saturated rings. The van der Waals surface area contributed by atoms with Crippen LogP contribution in [0, 0.1) is 12.8 Å². The Balaban J connectivity index is 1.51. The summed E-state index contributed by atoms with van der Waals surface area (Å²) in [5.41, 5.74) is 1.65. The molecular weight excluding hydrogens is 401 g/mol. The molecule has 0 aliphatic carbocycles. The molecular formula is C18H21F3N8O. The number of hydrogen-bond donors (Lipinski definition) is 2. The van der Waals surface area contributed by atoms with Crippen LogP contribution in [0.15, 0.2) is 24.4 Å². The van der Waals surface area contributed by atoms with E-state index >= 15 is 0 Å². The fourth-order valence-electron chi connectivity index (χ4n) is 3.29. The van der Waals surface area contributed by atoms with Crippen LogP contribution in [0.1, 0.15) is 12.6 Å². The van der Waals surface area contributed by atoms with Crippen LogP contribution < -0.4 is 10.2 Å². The highest BCUT2D eigenvalue weighted by Crippen LogP contribution is 2.28. The number of alkyl halides is 3. The van der Waals surface area contributed by atoms with E-state index in [4.69, 9.17) is 0 Å². The second-order valence-corrected chi connectivity index (χ2v) is 7.24. The molecule has 3 aromatic rings. The average Bonchev–Trinajstić information content (AvgIpc) is 3.35. The maximum Gasteiger partial charge on any atom is 0.400 e. The third-order valence-corrected chi connectivity index (χ3v) is 5.07. The number of aryl methyl sites for hydroxylation is 1. The number of anilines is 3. The quantitative estimate of drug-likeness (QED) is 0.670. The van der Waals surface area contributed by atoms with Crippen molar-refractivity contribution in [1.29, 1.82) is 0 Å². The molecule has 4 rings (SSSR count). The second-order valence-electron chi connectivity index (χ2n) is 7.24. The van der Waals surface area contributed by atoms with Gasteiger partial charge in [-0.05, 0) is 26.0 Å². The predicted octanol–water partition coefficient (Wildman–Crippen LogP) is 2.35. The van der Waals surface area contributed by atoms with Crippen LogP contribution in [0.25, 0.3) is 5.52 Å². The van der Waals surface area contributed by atoms with E-state index in [0.717, 1.165) is 18.1 Å². The van der Waals surface area contributed by atoms with E-state index in [-0.39, 0.29) is 13.1 Å². The van der Waals surface area contributed by atoms with Gasteiger partial charge in [0.2, 0.25) is 11.9 Å². The van der Waals surface area contributed by atoms with Crippen molar-refractivity contribution >= 4 is 29.0 Å². The summed E-state index contributed by atoms with van der Waals surface area (Å²) in [5.74, 6) is -1.33. The number of H-pyrrole nitrogens is 1. The zero-order chi connectivity index (χ0) is 21.5. The van der Waals surface area contributed by atoms with Gasteiger partial charge in [-0.25, -0.2) is 4.52 Å². The minimum Gasteiger partial charge on any atom is -0.339 e. The molecule has 1 saturated heterocycles. The lowest BCUT2D eigenvalue weighted by atomic mass is 10.1. The molecule has 0 bridgehead atoms. The van der Waals surface area contributed by atoms with E-state index in [9.17, 15) is 18.0 Å². The number of piperazine rings is 1. The van der Waals surface area contributed by atoms with Gasteiger partial charge in [-0.3, -0.25) is 9.89 Å². The Morgan fingerprint density at radius 2 is 2.00 bits per heavy atom. The molecule has 1 aliphatic heterocycles. The van der Waals surface area contributed by atoms with E-state index in [0.29, 0.717) is 30.7 Å². The highest BCUT2D eigenvalue weighted by Gasteiger charge is 2.43. The molecule has 30 heavy (non-hydrogen) atoms. The predicted molar refractivity (Wildman–Crippen MR) is 104 cm³/mol. The van der Waals surface area contributed by atoms with E-state index < -0.39 is 18.0 Å². The molecule has 0 aromatic carbocycles. The van der Waals surface area contributed by atoms with Gasteiger partial charge in [-0.15, -0.1) is 5.10 Å². The Hall–Kier alpha value is -3.31. The van der Waals surface area contributed by atoms with Crippen LogP contribution in [-0.4, -0.2) is 68.0 Å². The average molecular weight is 422 g/mol. The molecule has 1 amide bonds. The van der Waals surface area contributed by atoms with Crippen molar-refractivity contribution in [1.82, 2.24) is 29.7 Å². The van der Waals surface area contributed by atoms with Crippen LogP contribution in [0.2, 0.25) is 0 Å². The number of rotatable bonds is 4.